The van der Waals surface area contributed by atoms with Crippen molar-refractivity contribution in [2.24, 2.45) is 0 Å². The molecule has 23 heavy (non-hydrogen) atoms. The zero-order valence-electron chi connectivity index (χ0n) is 14.3. The second-order valence-corrected chi connectivity index (χ2v) is 6.67. The molecule has 124 valence electrons. The molecule has 1 atom stereocenters. The highest BCUT2D eigenvalue weighted by Gasteiger charge is 2.23. The number of benzene rings is 1. The summed E-state index contributed by atoms with van der Waals surface area (Å²) in [5, 5.41) is 14.9. The van der Waals surface area contributed by atoms with Crippen LogP contribution in [-0.2, 0) is 4.79 Å². The van der Waals surface area contributed by atoms with Gasteiger partial charge in [0.2, 0.25) is 5.91 Å². The van der Waals surface area contributed by atoms with Crippen LogP contribution in [0.3, 0.4) is 0 Å². The lowest BCUT2D eigenvalue weighted by Crippen LogP contribution is -2.45. The molecule has 0 aliphatic heterocycles. The molecule has 0 bridgehead atoms. The summed E-state index contributed by atoms with van der Waals surface area (Å²) in [7, 11) is 1.89. The van der Waals surface area contributed by atoms with Crippen molar-refractivity contribution in [2.75, 3.05) is 13.6 Å². The Hall–Kier alpha value is -2.28. The number of carbonyl (C=O) groups is 1. The minimum absolute atomic E-state index is 0.0226. The fourth-order valence-corrected chi connectivity index (χ4v) is 2.23. The third kappa shape index (κ3) is 4.59. The predicted molar refractivity (Wildman–Crippen MR) is 88.1 cm³/mol. The Bertz CT molecular complexity index is 646. The normalized spacial score (nSPS) is 13.1. The van der Waals surface area contributed by atoms with E-state index in [0.717, 1.165) is 5.69 Å². The standard InChI is InChI=1S/C16H24N6O/c1-12(21(5)11-14(23)17-16(2,3)4)15-18-19-20-22(15)13-9-7-6-8-10-13/h6-10,12H,11H2,1-5H3,(H,17,23). The molecule has 0 fully saturated rings. The molecule has 0 aliphatic carbocycles. The molecule has 1 N–H and O–H groups in total. The molecule has 0 aliphatic rings. The van der Waals surface area contributed by atoms with Gasteiger partial charge in [-0.3, -0.25) is 9.69 Å². The van der Waals surface area contributed by atoms with Crippen LogP contribution >= 0.6 is 0 Å². The number of rotatable bonds is 5. The van der Waals surface area contributed by atoms with Crippen molar-refractivity contribution in [3.63, 3.8) is 0 Å². The molecular weight excluding hydrogens is 292 g/mol. The monoisotopic (exact) mass is 316 g/mol. The van der Waals surface area contributed by atoms with Gasteiger partial charge in [-0.15, -0.1) is 5.10 Å². The van der Waals surface area contributed by atoms with Gasteiger partial charge >= 0.3 is 0 Å². The van der Waals surface area contributed by atoms with Crippen molar-refractivity contribution >= 4 is 5.91 Å². The Balaban J connectivity index is 2.11. The van der Waals surface area contributed by atoms with Gasteiger partial charge in [0, 0.05) is 5.54 Å². The van der Waals surface area contributed by atoms with Crippen LogP contribution < -0.4 is 5.32 Å². The number of nitrogens with one attached hydrogen (secondary N) is 1. The number of para-hydroxylation sites is 1. The lowest BCUT2D eigenvalue weighted by Gasteiger charge is -2.26. The molecule has 0 saturated heterocycles. The van der Waals surface area contributed by atoms with Gasteiger partial charge in [-0.2, -0.15) is 4.68 Å². The van der Waals surface area contributed by atoms with Crippen molar-refractivity contribution in [1.29, 1.82) is 0 Å². The van der Waals surface area contributed by atoms with Gasteiger partial charge in [0.15, 0.2) is 5.82 Å². The van der Waals surface area contributed by atoms with Crippen LogP contribution in [0, 0.1) is 0 Å². The molecule has 1 aromatic carbocycles. The largest absolute Gasteiger partial charge is 0.350 e. The van der Waals surface area contributed by atoms with E-state index in [1.807, 2.05) is 70.0 Å². The molecule has 7 nitrogen and oxygen atoms in total. The zero-order valence-corrected chi connectivity index (χ0v) is 14.3. The first-order valence-electron chi connectivity index (χ1n) is 7.63. The van der Waals surface area contributed by atoms with E-state index < -0.39 is 0 Å². The maximum Gasteiger partial charge on any atom is 0.234 e. The third-order valence-electron chi connectivity index (χ3n) is 3.44. The molecule has 0 radical (unpaired) electrons. The Morgan fingerprint density at radius 2 is 1.96 bits per heavy atom. The van der Waals surface area contributed by atoms with Crippen molar-refractivity contribution in [3.05, 3.63) is 36.2 Å². The van der Waals surface area contributed by atoms with Gasteiger partial charge in [-0.1, -0.05) is 18.2 Å². The first kappa shape index (κ1) is 17.1. The van der Waals surface area contributed by atoms with Crippen molar-refractivity contribution in [1.82, 2.24) is 30.4 Å². The second-order valence-electron chi connectivity index (χ2n) is 6.67. The van der Waals surface area contributed by atoms with E-state index in [4.69, 9.17) is 0 Å². The van der Waals surface area contributed by atoms with Crippen molar-refractivity contribution in [3.8, 4) is 5.69 Å². The van der Waals surface area contributed by atoms with Crippen LogP contribution in [0.25, 0.3) is 5.69 Å². The van der Waals surface area contributed by atoms with E-state index in [1.54, 1.807) is 4.68 Å². The molecular formula is C16H24N6O. The maximum absolute atomic E-state index is 12.1. The lowest BCUT2D eigenvalue weighted by molar-refractivity contribution is -0.123. The highest BCUT2D eigenvalue weighted by molar-refractivity contribution is 5.78. The van der Waals surface area contributed by atoms with Crippen LogP contribution in [0.1, 0.15) is 39.6 Å². The molecule has 2 rings (SSSR count). The van der Waals surface area contributed by atoms with Gasteiger partial charge < -0.3 is 5.32 Å². The lowest BCUT2D eigenvalue weighted by atomic mass is 10.1. The molecule has 2 aromatic rings. The van der Waals surface area contributed by atoms with Crippen LogP contribution in [0.2, 0.25) is 0 Å². The Morgan fingerprint density at radius 3 is 2.57 bits per heavy atom. The first-order valence-corrected chi connectivity index (χ1v) is 7.63. The molecule has 7 heteroatoms. The van der Waals surface area contributed by atoms with E-state index in [1.165, 1.54) is 0 Å². The van der Waals surface area contributed by atoms with Gasteiger partial charge in [-0.05, 0) is 57.3 Å². The summed E-state index contributed by atoms with van der Waals surface area (Å²) in [4.78, 5) is 14.0. The number of amides is 1. The van der Waals surface area contributed by atoms with Crippen LogP contribution in [0.15, 0.2) is 30.3 Å². The minimum Gasteiger partial charge on any atom is -0.350 e. The smallest absolute Gasteiger partial charge is 0.234 e. The van der Waals surface area contributed by atoms with E-state index in [-0.39, 0.29) is 24.0 Å². The summed E-state index contributed by atoms with van der Waals surface area (Å²) >= 11 is 0. The Morgan fingerprint density at radius 1 is 1.30 bits per heavy atom. The quantitative estimate of drug-likeness (QED) is 0.906. The van der Waals surface area contributed by atoms with E-state index >= 15 is 0 Å². The Kier molecular flexibility index (Phi) is 5.10. The molecule has 1 heterocycles. The van der Waals surface area contributed by atoms with Gasteiger partial charge in [0.1, 0.15) is 0 Å². The van der Waals surface area contributed by atoms with Crippen LogP contribution in [0.5, 0.6) is 0 Å². The number of aromatic nitrogens is 4. The molecule has 0 spiro atoms. The number of tetrazole rings is 1. The fourth-order valence-electron chi connectivity index (χ4n) is 2.23. The van der Waals surface area contributed by atoms with E-state index in [9.17, 15) is 4.79 Å². The highest BCUT2D eigenvalue weighted by Crippen LogP contribution is 2.18. The van der Waals surface area contributed by atoms with Crippen molar-refractivity contribution < 1.29 is 4.79 Å². The number of hydrogen-bond donors (Lipinski definition) is 1. The summed E-state index contributed by atoms with van der Waals surface area (Å²) in [6.45, 7) is 8.15. The first-order chi connectivity index (χ1) is 10.8. The van der Waals surface area contributed by atoms with Gasteiger partial charge in [0.05, 0.1) is 18.3 Å². The van der Waals surface area contributed by atoms with Gasteiger partial charge in [0.25, 0.3) is 0 Å². The number of carbonyl (C=O) groups excluding carboxylic acids is 1. The average Bonchev–Trinajstić information content (AvgIpc) is 2.94. The fraction of sp³-hybridized carbons (Fsp3) is 0.500. The Labute approximate surface area is 136 Å². The number of nitrogens with zero attached hydrogens (tertiary/aromatic N) is 5. The number of likely N-dealkylation sites (N-methyl/N-ethyl adjacent to an activating group) is 1. The van der Waals surface area contributed by atoms with Crippen molar-refractivity contribution in [2.45, 2.75) is 39.3 Å². The van der Waals surface area contributed by atoms with Crippen LogP contribution in [0.4, 0.5) is 0 Å². The summed E-state index contributed by atoms with van der Waals surface area (Å²) in [5.74, 6) is 0.674. The highest BCUT2D eigenvalue weighted by atomic mass is 16.2. The maximum atomic E-state index is 12.1. The predicted octanol–water partition coefficient (Wildman–Crippen LogP) is 1.57. The van der Waals surface area contributed by atoms with E-state index in [2.05, 4.69) is 20.8 Å². The molecule has 1 aromatic heterocycles. The third-order valence-corrected chi connectivity index (χ3v) is 3.44. The average molecular weight is 316 g/mol. The second kappa shape index (κ2) is 6.87. The van der Waals surface area contributed by atoms with E-state index in [0.29, 0.717) is 5.82 Å². The summed E-state index contributed by atoms with van der Waals surface area (Å²) in [6, 6.07) is 9.60. The zero-order chi connectivity index (χ0) is 17.0. The summed E-state index contributed by atoms with van der Waals surface area (Å²) in [6.07, 6.45) is 0. The van der Waals surface area contributed by atoms with Gasteiger partial charge in [-0.25, -0.2) is 0 Å². The molecule has 0 saturated carbocycles. The SMILES string of the molecule is CC(c1nnnn1-c1ccccc1)N(C)CC(=O)NC(C)(C)C. The molecule has 1 amide bonds. The summed E-state index contributed by atoms with van der Waals surface area (Å²) < 4.78 is 1.70. The summed E-state index contributed by atoms with van der Waals surface area (Å²) in [5.41, 5.74) is 0.652. The molecule has 1 unspecified atom stereocenters. The number of hydrogen-bond acceptors (Lipinski definition) is 5. The topological polar surface area (TPSA) is 75.9 Å². The van der Waals surface area contributed by atoms with Crippen LogP contribution in [-0.4, -0.2) is 50.1 Å². The minimum atomic E-state index is -0.243.